The van der Waals surface area contributed by atoms with Crippen molar-refractivity contribution in [3.05, 3.63) is 28.9 Å². The lowest BCUT2D eigenvalue weighted by atomic mass is 9.93. The van der Waals surface area contributed by atoms with E-state index in [0.29, 0.717) is 26.9 Å². The third-order valence-electron chi connectivity index (χ3n) is 7.59. The Morgan fingerprint density at radius 1 is 1.11 bits per heavy atom. The van der Waals surface area contributed by atoms with E-state index in [0.717, 1.165) is 36.2 Å². The van der Waals surface area contributed by atoms with Gasteiger partial charge >= 0.3 is 0 Å². The van der Waals surface area contributed by atoms with Crippen LogP contribution < -0.4 is 4.74 Å². The van der Waals surface area contributed by atoms with Crippen molar-refractivity contribution >= 4 is 36.2 Å². The number of rotatable bonds is 8. The summed E-state index contributed by atoms with van der Waals surface area (Å²) in [6.45, 7) is 1.68. The zero-order valence-electron chi connectivity index (χ0n) is 20.2. The van der Waals surface area contributed by atoms with Gasteiger partial charge in [-0.3, -0.25) is 0 Å². The fourth-order valence-corrected chi connectivity index (χ4v) is 9.28. The first-order valence-electron chi connectivity index (χ1n) is 11.9. The number of aryl methyl sites for hydroxylation is 1. The van der Waals surface area contributed by atoms with Gasteiger partial charge in [0.05, 0.1) is 30.0 Å². The molecule has 3 fully saturated rings. The molecule has 1 aromatic carbocycles. The first-order chi connectivity index (χ1) is 16.9. The summed E-state index contributed by atoms with van der Waals surface area (Å²) in [6, 6.07) is 4.93. The number of hydrogen-bond acceptors (Lipinski definition) is 9. The second kappa shape index (κ2) is 7.97. The van der Waals surface area contributed by atoms with Gasteiger partial charge in [0.1, 0.15) is 21.3 Å². The number of hydrogen-bond donors (Lipinski definition) is 1. The van der Waals surface area contributed by atoms with Crippen molar-refractivity contribution in [2.24, 2.45) is 11.8 Å². The molecule has 0 unspecified atom stereocenters. The highest BCUT2D eigenvalue weighted by molar-refractivity contribution is 7.92. The van der Waals surface area contributed by atoms with Crippen molar-refractivity contribution in [1.29, 1.82) is 0 Å². The molecule has 1 aliphatic heterocycles. The molecule has 13 heteroatoms. The molecule has 1 N–H and O–H groups in total. The Morgan fingerprint density at radius 2 is 1.75 bits per heavy atom. The zero-order valence-corrected chi connectivity index (χ0v) is 22.7. The van der Waals surface area contributed by atoms with E-state index >= 15 is 0 Å². The summed E-state index contributed by atoms with van der Waals surface area (Å²) < 4.78 is 58.7. The summed E-state index contributed by atoms with van der Waals surface area (Å²) in [7, 11) is -5.90. The number of benzene rings is 1. The summed E-state index contributed by atoms with van der Waals surface area (Å²) in [6.07, 6.45) is 5.06. The van der Waals surface area contributed by atoms with Gasteiger partial charge in [-0.1, -0.05) is 11.3 Å². The van der Waals surface area contributed by atoms with Crippen molar-refractivity contribution in [2.45, 2.75) is 48.4 Å². The SMILES string of the molecule is COc1ccc(-c2c(C)nc3sc(C(O)(C4CC4)C4CC4)nn23)cc1S(=O)(=O)C1CN(S(C)(=O)=O)C1. The van der Waals surface area contributed by atoms with Crippen LogP contribution >= 0.6 is 11.3 Å². The van der Waals surface area contributed by atoms with Gasteiger partial charge in [-0.05, 0) is 62.6 Å². The molecule has 194 valence electrons. The third-order valence-corrected chi connectivity index (χ3v) is 12.0. The molecular formula is C23H28N4O6S3. The number of nitrogens with zero attached hydrogens (tertiary/aromatic N) is 4. The summed E-state index contributed by atoms with van der Waals surface area (Å²) >= 11 is 1.39. The second-order valence-corrected chi connectivity index (χ2v) is 15.3. The van der Waals surface area contributed by atoms with Crippen molar-refractivity contribution < 1.29 is 26.7 Å². The largest absolute Gasteiger partial charge is 0.495 e. The van der Waals surface area contributed by atoms with Gasteiger partial charge in [0.25, 0.3) is 0 Å². The Morgan fingerprint density at radius 3 is 2.31 bits per heavy atom. The van der Waals surface area contributed by atoms with Crippen molar-refractivity contribution in [1.82, 2.24) is 18.9 Å². The number of sulfonamides is 1. The average molecular weight is 553 g/mol. The Bertz CT molecular complexity index is 1570. The van der Waals surface area contributed by atoms with Crippen molar-refractivity contribution in [3.8, 4) is 17.0 Å². The number of fused-ring (bicyclic) bond motifs is 1. The van der Waals surface area contributed by atoms with Gasteiger partial charge in [-0.2, -0.15) is 9.40 Å². The van der Waals surface area contributed by atoms with Gasteiger partial charge in [-0.25, -0.2) is 26.3 Å². The molecule has 0 atom stereocenters. The molecule has 0 bridgehead atoms. The van der Waals surface area contributed by atoms with Crippen molar-refractivity contribution in [3.63, 3.8) is 0 Å². The minimum Gasteiger partial charge on any atom is -0.495 e. The molecule has 36 heavy (non-hydrogen) atoms. The van der Waals surface area contributed by atoms with Crippen LogP contribution in [0, 0.1) is 18.8 Å². The van der Waals surface area contributed by atoms with Crippen LogP contribution in [-0.2, 0) is 25.5 Å². The first-order valence-corrected chi connectivity index (χ1v) is 16.1. The lowest BCUT2D eigenvalue weighted by Gasteiger charge is -2.36. The van der Waals surface area contributed by atoms with E-state index in [2.05, 4.69) is 4.98 Å². The molecule has 3 aliphatic rings. The number of methoxy groups -OCH3 is 1. The van der Waals surface area contributed by atoms with Gasteiger partial charge in [-0.15, -0.1) is 0 Å². The maximum absolute atomic E-state index is 13.5. The lowest BCUT2D eigenvalue weighted by molar-refractivity contribution is -0.0111. The predicted octanol–water partition coefficient (Wildman–Crippen LogP) is 2.20. The Balaban J connectivity index is 1.41. The van der Waals surface area contributed by atoms with E-state index in [1.54, 1.807) is 22.7 Å². The van der Waals surface area contributed by atoms with E-state index in [9.17, 15) is 21.9 Å². The van der Waals surface area contributed by atoms with E-state index in [4.69, 9.17) is 9.84 Å². The van der Waals surface area contributed by atoms with E-state index in [-0.39, 0.29) is 35.6 Å². The van der Waals surface area contributed by atoms with Crippen LogP contribution in [-0.4, -0.2) is 72.6 Å². The summed E-state index contributed by atoms with van der Waals surface area (Å²) in [4.78, 5) is 5.34. The van der Waals surface area contributed by atoms with Gasteiger partial charge < -0.3 is 9.84 Å². The molecule has 3 heterocycles. The van der Waals surface area contributed by atoms with Gasteiger partial charge in [0.15, 0.2) is 9.84 Å². The van der Waals surface area contributed by atoms with E-state index in [1.165, 1.54) is 18.4 Å². The van der Waals surface area contributed by atoms with Gasteiger partial charge in [0.2, 0.25) is 15.0 Å². The predicted molar refractivity (Wildman–Crippen MR) is 134 cm³/mol. The highest BCUT2D eigenvalue weighted by Gasteiger charge is 2.56. The standard InChI is InChI=1S/C23H28N4O6S3/c1-13-20(27-22(24-13)34-21(25-27)23(28,15-5-6-15)16-7-8-16)14-4-9-18(33-2)19(10-14)36(31,32)17-11-26(12-17)35(3,29)30/h4,9-10,15-17,28H,5-8,11-12H2,1-3H3. The number of aliphatic hydroxyl groups is 1. The number of imidazole rings is 1. The quantitative estimate of drug-likeness (QED) is 0.450. The summed E-state index contributed by atoms with van der Waals surface area (Å²) in [5.74, 6) is 0.667. The zero-order chi connectivity index (χ0) is 25.6. The van der Waals surface area contributed by atoms with Crippen LogP contribution in [0.4, 0.5) is 0 Å². The van der Waals surface area contributed by atoms with E-state index in [1.807, 2.05) is 6.92 Å². The normalized spacial score (nSPS) is 20.1. The molecule has 6 rings (SSSR count). The highest BCUT2D eigenvalue weighted by atomic mass is 32.2. The molecule has 2 aliphatic carbocycles. The Hall–Kier alpha value is -2.06. The fourth-order valence-electron chi connectivity index (χ4n) is 5.17. The molecule has 3 aromatic rings. The minimum absolute atomic E-state index is 0.0120. The lowest BCUT2D eigenvalue weighted by Crippen LogP contribution is -2.56. The highest BCUT2D eigenvalue weighted by Crippen LogP contribution is 2.58. The maximum Gasteiger partial charge on any atom is 0.213 e. The molecular weight excluding hydrogens is 524 g/mol. The molecule has 10 nitrogen and oxygen atoms in total. The van der Waals surface area contributed by atoms with Crippen LogP contribution in [0.5, 0.6) is 5.75 Å². The van der Waals surface area contributed by atoms with Crippen LogP contribution in [0.1, 0.15) is 36.4 Å². The molecule has 2 aromatic heterocycles. The molecule has 0 amide bonds. The summed E-state index contributed by atoms with van der Waals surface area (Å²) in [5, 5.41) is 16.2. The molecule has 0 spiro atoms. The molecule has 0 radical (unpaired) electrons. The summed E-state index contributed by atoms with van der Waals surface area (Å²) in [5.41, 5.74) is 1.05. The fraction of sp³-hybridized carbons (Fsp3) is 0.565. The van der Waals surface area contributed by atoms with Crippen molar-refractivity contribution in [2.75, 3.05) is 26.5 Å². The Labute approximate surface area is 213 Å². The maximum atomic E-state index is 13.5. The van der Waals surface area contributed by atoms with E-state index < -0.39 is 30.7 Å². The first kappa shape index (κ1) is 24.3. The van der Waals surface area contributed by atoms with Crippen LogP contribution in [0.2, 0.25) is 0 Å². The smallest absolute Gasteiger partial charge is 0.213 e. The second-order valence-electron chi connectivity index (χ2n) is 10.1. The monoisotopic (exact) mass is 552 g/mol. The van der Waals surface area contributed by atoms with Crippen LogP contribution in [0.25, 0.3) is 16.2 Å². The molecule has 2 saturated carbocycles. The average Bonchev–Trinajstić information content (AvgIpc) is 3.68. The number of sulfone groups is 1. The van der Waals surface area contributed by atoms with Gasteiger partial charge in [0, 0.05) is 18.7 Å². The topological polar surface area (TPSA) is 131 Å². The molecule has 1 saturated heterocycles. The Kier molecular flexibility index (Phi) is 5.38. The number of ether oxygens (including phenoxy) is 1. The number of aromatic nitrogens is 3. The third kappa shape index (κ3) is 3.70. The van der Waals surface area contributed by atoms with Crippen LogP contribution in [0.15, 0.2) is 23.1 Å². The van der Waals surface area contributed by atoms with Crippen LogP contribution in [0.3, 0.4) is 0 Å². The minimum atomic E-state index is -3.86.